The van der Waals surface area contributed by atoms with Crippen molar-refractivity contribution in [3.63, 3.8) is 0 Å². The number of methoxy groups -OCH3 is 1. The van der Waals surface area contributed by atoms with Crippen molar-refractivity contribution >= 4 is 29.9 Å². The molecule has 144 valence electrons. The van der Waals surface area contributed by atoms with Crippen LogP contribution in [0.2, 0.25) is 0 Å². The van der Waals surface area contributed by atoms with E-state index in [9.17, 15) is 0 Å². The molecular formula is C18H34IN5O. The van der Waals surface area contributed by atoms with E-state index in [2.05, 4.69) is 41.5 Å². The summed E-state index contributed by atoms with van der Waals surface area (Å²) in [5.41, 5.74) is 3.98. The van der Waals surface area contributed by atoms with E-state index < -0.39 is 0 Å². The van der Waals surface area contributed by atoms with Gasteiger partial charge in [-0.05, 0) is 38.5 Å². The van der Waals surface area contributed by atoms with Gasteiger partial charge in [0.2, 0.25) is 0 Å². The lowest BCUT2D eigenvalue weighted by molar-refractivity contribution is 0.131. The largest absolute Gasteiger partial charge is 0.383 e. The summed E-state index contributed by atoms with van der Waals surface area (Å²) in [7, 11) is 3.55. The summed E-state index contributed by atoms with van der Waals surface area (Å²) in [6.45, 7) is 9.68. The predicted octanol–water partition coefficient (Wildman–Crippen LogP) is 3.01. The standard InChI is InChI=1S/C18H33N5O.HI/c1-6-18(8-7-9-18)13-21-17(19-4)20-12-16-14(2)22-23(15(16)3)10-11-24-5;/h6-13H2,1-5H3,(H2,19,20,21);1H. The number of aryl methyl sites for hydroxylation is 1. The van der Waals surface area contributed by atoms with Gasteiger partial charge in [0.25, 0.3) is 0 Å². The van der Waals surface area contributed by atoms with Gasteiger partial charge in [-0.3, -0.25) is 9.67 Å². The van der Waals surface area contributed by atoms with Crippen LogP contribution >= 0.6 is 24.0 Å². The van der Waals surface area contributed by atoms with Crippen molar-refractivity contribution in [1.29, 1.82) is 0 Å². The zero-order valence-corrected chi connectivity index (χ0v) is 18.6. The third kappa shape index (κ3) is 5.57. The number of hydrogen-bond acceptors (Lipinski definition) is 3. The van der Waals surface area contributed by atoms with Crippen molar-refractivity contribution in [2.75, 3.05) is 27.3 Å². The second-order valence-electron chi connectivity index (χ2n) is 6.85. The molecule has 2 N–H and O–H groups in total. The van der Waals surface area contributed by atoms with Gasteiger partial charge in [0.05, 0.1) is 18.8 Å². The molecule has 0 aromatic carbocycles. The third-order valence-corrected chi connectivity index (χ3v) is 5.49. The van der Waals surface area contributed by atoms with Crippen LogP contribution in [-0.4, -0.2) is 43.0 Å². The molecule has 2 rings (SSSR count). The second-order valence-corrected chi connectivity index (χ2v) is 6.85. The summed E-state index contributed by atoms with van der Waals surface area (Å²) in [4.78, 5) is 4.36. The molecule has 25 heavy (non-hydrogen) atoms. The molecule has 1 aliphatic rings. The number of hydrogen-bond donors (Lipinski definition) is 2. The number of guanidine groups is 1. The smallest absolute Gasteiger partial charge is 0.191 e. The van der Waals surface area contributed by atoms with Crippen molar-refractivity contribution < 1.29 is 4.74 Å². The van der Waals surface area contributed by atoms with Gasteiger partial charge in [-0.1, -0.05) is 13.3 Å². The van der Waals surface area contributed by atoms with E-state index in [4.69, 9.17) is 4.74 Å². The molecule has 0 radical (unpaired) electrons. The maximum atomic E-state index is 5.15. The Hall–Kier alpha value is -0.830. The van der Waals surface area contributed by atoms with E-state index in [0.29, 0.717) is 12.0 Å². The Bertz CT molecular complexity index is 561. The summed E-state index contributed by atoms with van der Waals surface area (Å²) in [6, 6.07) is 0. The SMILES string of the molecule is CCC1(CNC(=NC)NCc2c(C)nn(CCOC)c2C)CCC1.I. The van der Waals surface area contributed by atoms with Crippen LogP contribution in [-0.2, 0) is 17.8 Å². The van der Waals surface area contributed by atoms with Crippen LogP contribution in [0.25, 0.3) is 0 Å². The molecule has 7 heteroatoms. The van der Waals surface area contributed by atoms with Gasteiger partial charge in [-0.15, -0.1) is 24.0 Å². The molecule has 1 aliphatic carbocycles. The van der Waals surface area contributed by atoms with Gasteiger partial charge in [0.15, 0.2) is 5.96 Å². The van der Waals surface area contributed by atoms with E-state index in [1.807, 2.05) is 11.7 Å². The summed E-state index contributed by atoms with van der Waals surface area (Å²) < 4.78 is 7.17. The number of nitrogens with one attached hydrogen (secondary N) is 2. The number of nitrogens with zero attached hydrogens (tertiary/aromatic N) is 3. The molecule has 0 aliphatic heterocycles. The molecule has 1 fully saturated rings. The summed E-state index contributed by atoms with van der Waals surface area (Å²) in [6.07, 6.45) is 5.26. The Morgan fingerprint density at radius 2 is 2.04 bits per heavy atom. The first-order valence-electron chi connectivity index (χ1n) is 9.01. The molecule has 6 nitrogen and oxygen atoms in total. The third-order valence-electron chi connectivity index (χ3n) is 5.49. The Balaban J connectivity index is 0.00000312. The predicted molar refractivity (Wildman–Crippen MR) is 114 cm³/mol. The molecule has 0 bridgehead atoms. The van der Waals surface area contributed by atoms with Gasteiger partial charge in [-0.25, -0.2) is 0 Å². The van der Waals surface area contributed by atoms with E-state index >= 15 is 0 Å². The number of rotatable bonds is 8. The fourth-order valence-corrected chi connectivity index (χ4v) is 3.38. The maximum absolute atomic E-state index is 5.15. The van der Waals surface area contributed by atoms with Crippen molar-refractivity contribution in [3.8, 4) is 0 Å². The van der Waals surface area contributed by atoms with E-state index in [1.165, 1.54) is 36.9 Å². The lowest BCUT2D eigenvalue weighted by Crippen LogP contribution is -2.46. The number of halogens is 1. The Morgan fingerprint density at radius 1 is 1.32 bits per heavy atom. The second kappa shape index (κ2) is 10.4. The Labute approximate surface area is 169 Å². The molecule has 0 unspecified atom stereocenters. The van der Waals surface area contributed by atoms with E-state index in [1.54, 1.807) is 7.11 Å². The van der Waals surface area contributed by atoms with Gasteiger partial charge in [-0.2, -0.15) is 5.10 Å². The zero-order chi connectivity index (χ0) is 17.6. The molecule has 1 heterocycles. The number of ether oxygens (including phenoxy) is 1. The highest BCUT2D eigenvalue weighted by Crippen LogP contribution is 2.42. The van der Waals surface area contributed by atoms with Crippen LogP contribution < -0.4 is 10.6 Å². The highest BCUT2D eigenvalue weighted by atomic mass is 127. The van der Waals surface area contributed by atoms with Crippen molar-refractivity contribution in [2.45, 2.75) is 59.5 Å². The minimum Gasteiger partial charge on any atom is -0.383 e. The lowest BCUT2D eigenvalue weighted by atomic mass is 9.67. The molecule has 1 aromatic heterocycles. The molecule has 1 aromatic rings. The quantitative estimate of drug-likeness (QED) is 0.354. The highest BCUT2D eigenvalue weighted by molar-refractivity contribution is 14.0. The van der Waals surface area contributed by atoms with Crippen LogP contribution in [0.15, 0.2) is 4.99 Å². The number of aromatic nitrogens is 2. The molecule has 0 spiro atoms. The topological polar surface area (TPSA) is 63.5 Å². The minimum absolute atomic E-state index is 0. The Kier molecular flexibility index (Phi) is 9.20. The molecule has 0 saturated heterocycles. The van der Waals surface area contributed by atoms with Gasteiger partial charge in [0.1, 0.15) is 0 Å². The summed E-state index contributed by atoms with van der Waals surface area (Å²) >= 11 is 0. The van der Waals surface area contributed by atoms with Crippen LogP contribution in [0.5, 0.6) is 0 Å². The first-order valence-corrected chi connectivity index (χ1v) is 9.01. The van der Waals surface area contributed by atoms with Gasteiger partial charge < -0.3 is 15.4 Å². The van der Waals surface area contributed by atoms with Crippen molar-refractivity contribution in [1.82, 2.24) is 20.4 Å². The van der Waals surface area contributed by atoms with E-state index in [0.717, 1.165) is 31.3 Å². The first-order chi connectivity index (χ1) is 11.5. The maximum Gasteiger partial charge on any atom is 0.191 e. The van der Waals surface area contributed by atoms with Crippen molar-refractivity contribution in [2.24, 2.45) is 10.4 Å². The van der Waals surface area contributed by atoms with Crippen LogP contribution in [0, 0.1) is 19.3 Å². The average Bonchev–Trinajstić information content (AvgIpc) is 2.81. The molecule has 0 amide bonds. The van der Waals surface area contributed by atoms with Gasteiger partial charge >= 0.3 is 0 Å². The fourth-order valence-electron chi connectivity index (χ4n) is 3.38. The summed E-state index contributed by atoms with van der Waals surface area (Å²) in [5, 5.41) is 11.5. The van der Waals surface area contributed by atoms with Crippen LogP contribution in [0.1, 0.15) is 49.6 Å². The van der Waals surface area contributed by atoms with Crippen LogP contribution in [0.3, 0.4) is 0 Å². The zero-order valence-electron chi connectivity index (χ0n) is 16.3. The average molecular weight is 463 g/mol. The molecule has 0 atom stereocenters. The van der Waals surface area contributed by atoms with Crippen molar-refractivity contribution in [3.05, 3.63) is 17.0 Å². The van der Waals surface area contributed by atoms with Crippen LogP contribution in [0.4, 0.5) is 0 Å². The highest BCUT2D eigenvalue weighted by Gasteiger charge is 2.34. The molecular weight excluding hydrogens is 429 g/mol. The van der Waals surface area contributed by atoms with E-state index in [-0.39, 0.29) is 24.0 Å². The lowest BCUT2D eigenvalue weighted by Gasteiger charge is -2.41. The Morgan fingerprint density at radius 3 is 2.56 bits per heavy atom. The molecule has 1 saturated carbocycles. The minimum atomic E-state index is 0. The first kappa shape index (κ1) is 22.2. The monoisotopic (exact) mass is 463 g/mol. The number of aliphatic imine (C=N–C) groups is 1. The summed E-state index contributed by atoms with van der Waals surface area (Å²) in [5.74, 6) is 0.873. The van der Waals surface area contributed by atoms with Gasteiger partial charge in [0, 0.05) is 38.5 Å². The normalized spacial score (nSPS) is 16.1. The fraction of sp³-hybridized carbons (Fsp3) is 0.778.